The van der Waals surface area contributed by atoms with Crippen LogP contribution in [0.5, 0.6) is 0 Å². The van der Waals surface area contributed by atoms with Crippen LogP contribution < -0.4 is 0 Å². The molecule has 2 heterocycles. The molecule has 3 heteroatoms. The average molecular weight is 165 g/mol. The highest BCUT2D eigenvalue weighted by atomic mass is 15.2. The molecule has 1 aliphatic rings. The first kappa shape index (κ1) is 7.80. The molecule has 0 aliphatic carbocycles. The molecule has 66 valence electrons. The van der Waals surface area contributed by atoms with E-state index in [0.717, 1.165) is 18.6 Å². The summed E-state index contributed by atoms with van der Waals surface area (Å²) in [4.78, 5) is 9.61. The zero-order valence-electron chi connectivity index (χ0n) is 7.62. The maximum absolute atomic E-state index is 4.00. The molecule has 0 radical (unpaired) electrons. The molecule has 2 rings (SSSR count). The van der Waals surface area contributed by atoms with E-state index in [4.69, 9.17) is 0 Å². The number of likely N-dealkylation sites (tertiary alicyclic amines) is 1. The van der Waals surface area contributed by atoms with Gasteiger partial charge < -0.3 is 4.98 Å². The molecular formula is C9H15N3. The Bertz CT molecular complexity index is 234. The number of H-pyrrole nitrogens is 1. The Morgan fingerprint density at radius 3 is 2.83 bits per heavy atom. The van der Waals surface area contributed by atoms with E-state index in [0.29, 0.717) is 0 Å². The minimum Gasteiger partial charge on any atom is -0.347 e. The van der Waals surface area contributed by atoms with Gasteiger partial charge in [0.1, 0.15) is 0 Å². The Morgan fingerprint density at radius 1 is 1.58 bits per heavy atom. The molecule has 0 amide bonds. The predicted molar refractivity (Wildman–Crippen MR) is 47.7 cm³/mol. The first-order valence-electron chi connectivity index (χ1n) is 4.50. The Kier molecular flexibility index (Phi) is 1.89. The average Bonchev–Trinajstić information content (AvgIpc) is 2.52. The standard InChI is InChI=1S/C9H15N3/c1-7-3-8(2)12(7)5-9-4-10-6-11-9/h4,6-8H,3,5H2,1-2H3,(H,10,11). The molecule has 0 aromatic carbocycles. The molecule has 1 aromatic heterocycles. The van der Waals surface area contributed by atoms with Crippen molar-refractivity contribution in [2.75, 3.05) is 0 Å². The lowest BCUT2D eigenvalue weighted by Crippen LogP contribution is -2.51. The summed E-state index contributed by atoms with van der Waals surface area (Å²) in [6.07, 6.45) is 4.97. The molecule has 1 aromatic rings. The highest BCUT2D eigenvalue weighted by Gasteiger charge is 2.31. The smallest absolute Gasteiger partial charge is 0.0922 e. The summed E-state index contributed by atoms with van der Waals surface area (Å²) in [5.74, 6) is 0. The zero-order chi connectivity index (χ0) is 8.55. The van der Waals surface area contributed by atoms with E-state index < -0.39 is 0 Å². The van der Waals surface area contributed by atoms with Gasteiger partial charge in [0.2, 0.25) is 0 Å². The number of hydrogen-bond donors (Lipinski definition) is 1. The Balaban J connectivity index is 1.95. The second kappa shape index (κ2) is 2.90. The predicted octanol–water partition coefficient (Wildman–Crippen LogP) is 1.39. The summed E-state index contributed by atoms with van der Waals surface area (Å²) in [6.45, 7) is 5.56. The molecule has 12 heavy (non-hydrogen) atoms. The van der Waals surface area contributed by atoms with E-state index in [1.165, 1.54) is 12.1 Å². The molecule has 2 atom stereocenters. The van der Waals surface area contributed by atoms with Gasteiger partial charge in [0.05, 0.1) is 6.33 Å². The van der Waals surface area contributed by atoms with Crippen molar-refractivity contribution in [3.8, 4) is 0 Å². The third-order valence-corrected chi connectivity index (χ3v) is 2.72. The van der Waals surface area contributed by atoms with E-state index in [-0.39, 0.29) is 0 Å². The number of imidazole rings is 1. The highest BCUT2D eigenvalue weighted by molar-refractivity contribution is 4.98. The SMILES string of the molecule is CC1CC(C)N1Cc1cnc[nH]1. The number of rotatable bonds is 2. The Morgan fingerprint density at radius 2 is 2.33 bits per heavy atom. The number of nitrogens with zero attached hydrogens (tertiary/aromatic N) is 2. The lowest BCUT2D eigenvalue weighted by molar-refractivity contribution is 0.0284. The van der Waals surface area contributed by atoms with Gasteiger partial charge in [-0.05, 0) is 20.3 Å². The number of aromatic amines is 1. The van der Waals surface area contributed by atoms with Crippen LogP contribution in [-0.4, -0.2) is 27.0 Å². The lowest BCUT2D eigenvalue weighted by atomic mass is 9.96. The Hall–Kier alpha value is -0.830. The van der Waals surface area contributed by atoms with Crippen molar-refractivity contribution in [3.63, 3.8) is 0 Å². The summed E-state index contributed by atoms with van der Waals surface area (Å²) < 4.78 is 0. The number of hydrogen-bond acceptors (Lipinski definition) is 2. The molecule has 0 bridgehead atoms. The van der Waals surface area contributed by atoms with Crippen LogP contribution in [0.3, 0.4) is 0 Å². The fourth-order valence-corrected chi connectivity index (χ4v) is 1.94. The summed E-state index contributed by atoms with van der Waals surface area (Å²) in [5.41, 5.74) is 1.22. The van der Waals surface area contributed by atoms with Crippen LogP contribution in [0.4, 0.5) is 0 Å². The van der Waals surface area contributed by atoms with Gasteiger partial charge in [0.25, 0.3) is 0 Å². The second-order valence-corrected chi connectivity index (χ2v) is 3.68. The summed E-state index contributed by atoms with van der Waals surface area (Å²) in [6, 6.07) is 1.48. The first-order chi connectivity index (χ1) is 5.77. The molecule has 0 saturated carbocycles. The van der Waals surface area contributed by atoms with Crippen molar-refractivity contribution in [1.82, 2.24) is 14.9 Å². The van der Waals surface area contributed by atoms with Crippen molar-refractivity contribution < 1.29 is 0 Å². The van der Waals surface area contributed by atoms with Crippen LogP contribution in [0, 0.1) is 0 Å². The first-order valence-corrected chi connectivity index (χ1v) is 4.50. The molecular weight excluding hydrogens is 150 g/mol. The topological polar surface area (TPSA) is 31.9 Å². The number of aromatic nitrogens is 2. The van der Waals surface area contributed by atoms with Gasteiger partial charge in [-0.1, -0.05) is 0 Å². The van der Waals surface area contributed by atoms with Crippen LogP contribution >= 0.6 is 0 Å². The zero-order valence-corrected chi connectivity index (χ0v) is 7.62. The van der Waals surface area contributed by atoms with E-state index in [1.54, 1.807) is 6.33 Å². The van der Waals surface area contributed by atoms with Crippen LogP contribution in [0.1, 0.15) is 26.0 Å². The largest absolute Gasteiger partial charge is 0.347 e. The summed E-state index contributed by atoms with van der Waals surface area (Å²) in [5, 5.41) is 0. The molecule has 1 fully saturated rings. The van der Waals surface area contributed by atoms with Gasteiger partial charge in [-0.3, -0.25) is 4.90 Å². The molecule has 3 nitrogen and oxygen atoms in total. The van der Waals surface area contributed by atoms with Gasteiger partial charge in [-0.15, -0.1) is 0 Å². The minimum absolute atomic E-state index is 0.739. The van der Waals surface area contributed by atoms with E-state index in [1.807, 2.05) is 6.20 Å². The maximum Gasteiger partial charge on any atom is 0.0922 e. The van der Waals surface area contributed by atoms with Gasteiger partial charge in [0, 0.05) is 30.5 Å². The van der Waals surface area contributed by atoms with E-state index in [9.17, 15) is 0 Å². The van der Waals surface area contributed by atoms with Crippen molar-refractivity contribution in [2.45, 2.75) is 38.9 Å². The van der Waals surface area contributed by atoms with Crippen LogP contribution in [0.15, 0.2) is 12.5 Å². The quantitative estimate of drug-likeness (QED) is 0.718. The highest BCUT2D eigenvalue weighted by Crippen LogP contribution is 2.26. The van der Waals surface area contributed by atoms with Crippen LogP contribution in [-0.2, 0) is 6.54 Å². The minimum atomic E-state index is 0.739. The van der Waals surface area contributed by atoms with Crippen molar-refractivity contribution in [2.24, 2.45) is 0 Å². The third-order valence-electron chi connectivity index (χ3n) is 2.72. The fourth-order valence-electron chi connectivity index (χ4n) is 1.94. The van der Waals surface area contributed by atoms with E-state index in [2.05, 4.69) is 28.7 Å². The summed E-state index contributed by atoms with van der Waals surface area (Å²) >= 11 is 0. The van der Waals surface area contributed by atoms with Gasteiger partial charge in [0.15, 0.2) is 0 Å². The molecule has 1 aliphatic heterocycles. The van der Waals surface area contributed by atoms with E-state index >= 15 is 0 Å². The Labute approximate surface area is 72.8 Å². The van der Waals surface area contributed by atoms with Crippen molar-refractivity contribution >= 4 is 0 Å². The van der Waals surface area contributed by atoms with Crippen LogP contribution in [0.25, 0.3) is 0 Å². The molecule has 2 unspecified atom stereocenters. The maximum atomic E-state index is 4.00. The van der Waals surface area contributed by atoms with Gasteiger partial charge in [-0.2, -0.15) is 0 Å². The summed E-state index contributed by atoms with van der Waals surface area (Å²) in [7, 11) is 0. The fraction of sp³-hybridized carbons (Fsp3) is 0.667. The van der Waals surface area contributed by atoms with Crippen molar-refractivity contribution in [1.29, 1.82) is 0 Å². The monoisotopic (exact) mass is 165 g/mol. The lowest BCUT2D eigenvalue weighted by Gasteiger charge is -2.45. The van der Waals surface area contributed by atoms with Gasteiger partial charge in [-0.25, -0.2) is 4.98 Å². The second-order valence-electron chi connectivity index (χ2n) is 3.68. The molecule has 1 N–H and O–H groups in total. The third kappa shape index (κ3) is 1.25. The number of nitrogens with one attached hydrogen (secondary N) is 1. The normalized spacial score (nSPS) is 30.2. The molecule has 0 spiro atoms. The van der Waals surface area contributed by atoms with Gasteiger partial charge >= 0.3 is 0 Å². The molecule has 1 saturated heterocycles. The van der Waals surface area contributed by atoms with Crippen molar-refractivity contribution in [3.05, 3.63) is 18.2 Å². The van der Waals surface area contributed by atoms with Crippen LogP contribution in [0.2, 0.25) is 0 Å².